The van der Waals surface area contributed by atoms with Crippen molar-refractivity contribution in [3.05, 3.63) is 11.6 Å². The molecule has 1 heterocycles. The van der Waals surface area contributed by atoms with Crippen molar-refractivity contribution >= 4 is 5.78 Å². The fraction of sp³-hybridized carbons (Fsp3) is 0.824. The molecule has 2 nitrogen and oxygen atoms in total. The van der Waals surface area contributed by atoms with Gasteiger partial charge in [-0.25, -0.2) is 0 Å². The third-order valence-electron chi connectivity index (χ3n) is 4.85. The lowest BCUT2D eigenvalue weighted by Gasteiger charge is -2.37. The minimum absolute atomic E-state index is 0.0367. The summed E-state index contributed by atoms with van der Waals surface area (Å²) in [7, 11) is 0. The minimum atomic E-state index is -0.0367. The lowest BCUT2D eigenvalue weighted by Crippen LogP contribution is -2.42. The molecule has 0 aromatic heterocycles. The zero-order valence-corrected chi connectivity index (χ0v) is 12.5. The van der Waals surface area contributed by atoms with E-state index in [9.17, 15) is 4.79 Å². The SMILES string of the molecule is CCCC1(C(=O)C2=CCCCCCC2)CCNCC1. The Bertz CT molecular complexity index is 321. The largest absolute Gasteiger partial charge is 0.317 e. The maximum Gasteiger partial charge on any atom is 0.164 e. The second-order valence-corrected chi connectivity index (χ2v) is 6.29. The van der Waals surface area contributed by atoms with Gasteiger partial charge in [0.05, 0.1) is 0 Å². The van der Waals surface area contributed by atoms with Gasteiger partial charge in [0.2, 0.25) is 0 Å². The Morgan fingerprint density at radius 1 is 1.21 bits per heavy atom. The molecule has 1 saturated heterocycles. The van der Waals surface area contributed by atoms with Gasteiger partial charge in [0.1, 0.15) is 0 Å². The van der Waals surface area contributed by atoms with Crippen molar-refractivity contribution in [2.24, 2.45) is 5.41 Å². The van der Waals surface area contributed by atoms with Gasteiger partial charge in [0, 0.05) is 5.41 Å². The summed E-state index contributed by atoms with van der Waals surface area (Å²) >= 11 is 0. The Labute approximate surface area is 118 Å². The van der Waals surface area contributed by atoms with Gasteiger partial charge in [0.25, 0.3) is 0 Å². The highest BCUT2D eigenvalue weighted by atomic mass is 16.1. The lowest BCUT2D eigenvalue weighted by atomic mass is 9.69. The van der Waals surface area contributed by atoms with Crippen LogP contribution in [0.4, 0.5) is 0 Å². The van der Waals surface area contributed by atoms with E-state index in [0.29, 0.717) is 5.78 Å². The summed E-state index contributed by atoms with van der Waals surface area (Å²) in [6, 6.07) is 0. The number of allylic oxidation sites excluding steroid dienone is 2. The molecular weight excluding hydrogens is 234 g/mol. The number of hydrogen-bond donors (Lipinski definition) is 1. The van der Waals surface area contributed by atoms with Crippen LogP contribution in [0.1, 0.15) is 71.1 Å². The molecule has 0 saturated carbocycles. The van der Waals surface area contributed by atoms with Crippen LogP contribution in [0.25, 0.3) is 0 Å². The van der Waals surface area contributed by atoms with Gasteiger partial charge < -0.3 is 5.32 Å². The summed E-state index contributed by atoms with van der Waals surface area (Å²) in [6.07, 6.45) is 13.8. The first-order valence-electron chi connectivity index (χ1n) is 8.23. The first kappa shape index (κ1) is 14.8. The molecule has 0 aromatic carbocycles. The average molecular weight is 263 g/mol. The molecule has 0 radical (unpaired) electrons. The first-order valence-corrected chi connectivity index (χ1v) is 8.23. The van der Waals surface area contributed by atoms with E-state index in [1.807, 2.05) is 0 Å². The number of Topliss-reactive ketones (excluding diaryl/α,β-unsaturated/α-hetero) is 1. The van der Waals surface area contributed by atoms with E-state index in [4.69, 9.17) is 0 Å². The maximum atomic E-state index is 13.0. The normalized spacial score (nSPS) is 24.2. The molecule has 0 spiro atoms. The van der Waals surface area contributed by atoms with Crippen molar-refractivity contribution in [3.8, 4) is 0 Å². The van der Waals surface area contributed by atoms with Crippen molar-refractivity contribution in [1.82, 2.24) is 5.32 Å². The molecule has 1 N–H and O–H groups in total. The summed E-state index contributed by atoms with van der Waals surface area (Å²) in [5, 5.41) is 3.41. The monoisotopic (exact) mass is 263 g/mol. The fourth-order valence-corrected chi connectivity index (χ4v) is 3.71. The number of nitrogens with one attached hydrogen (secondary N) is 1. The molecule has 1 aliphatic carbocycles. The highest BCUT2D eigenvalue weighted by Crippen LogP contribution is 2.38. The van der Waals surface area contributed by atoms with Gasteiger partial charge >= 0.3 is 0 Å². The molecule has 0 unspecified atom stereocenters. The minimum Gasteiger partial charge on any atom is -0.317 e. The zero-order chi connectivity index (χ0) is 13.6. The smallest absolute Gasteiger partial charge is 0.164 e. The van der Waals surface area contributed by atoms with Crippen LogP contribution in [0.15, 0.2) is 11.6 Å². The van der Waals surface area contributed by atoms with Crippen LogP contribution >= 0.6 is 0 Å². The molecule has 0 atom stereocenters. The summed E-state index contributed by atoms with van der Waals surface area (Å²) in [4.78, 5) is 13.0. The van der Waals surface area contributed by atoms with Crippen LogP contribution in [-0.2, 0) is 4.79 Å². The fourth-order valence-electron chi connectivity index (χ4n) is 3.71. The third kappa shape index (κ3) is 3.68. The Kier molecular flexibility index (Phi) is 5.62. The number of piperidine rings is 1. The average Bonchev–Trinajstić information content (AvgIpc) is 2.39. The Balaban J connectivity index is 2.13. The molecule has 2 rings (SSSR count). The molecule has 0 aromatic rings. The second kappa shape index (κ2) is 7.23. The van der Waals surface area contributed by atoms with Crippen molar-refractivity contribution < 1.29 is 4.79 Å². The van der Waals surface area contributed by atoms with E-state index in [2.05, 4.69) is 18.3 Å². The second-order valence-electron chi connectivity index (χ2n) is 6.29. The number of carbonyl (C=O) groups is 1. The maximum absolute atomic E-state index is 13.0. The van der Waals surface area contributed by atoms with E-state index in [0.717, 1.165) is 57.2 Å². The molecule has 1 aliphatic heterocycles. The van der Waals surface area contributed by atoms with Gasteiger partial charge in [-0.15, -0.1) is 0 Å². The van der Waals surface area contributed by atoms with Gasteiger partial charge in [-0.1, -0.05) is 32.3 Å². The molecular formula is C17H29NO. The lowest BCUT2D eigenvalue weighted by molar-refractivity contribution is -0.127. The third-order valence-corrected chi connectivity index (χ3v) is 4.85. The summed E-state index contributed by atoms with van der Waals surface area (Å²) in [6.45, 7) is 4.24. The molecule has 0 amide bonds. The van der Waals surface area contributed by atoms with Crippen molar-refractivity contribution in [2.75, 3.05) is 13.1 Å². The van der Waals surface area contributed by atoms with Crippen LogP contribution < -0.4 is 5.32 Å². The summed E-state index contributed by atoms with van der Waals surface area (Å²) in [5.41, 5.74) is 1.13. The molecule has 19 heavy (non-hydrogen) atoms. The predicted octanol–water partition coefficient (Wildman–Crippen LogP) is 4.01. The number of carbonyl (C=O) groups excluding carboxylic acids is 1. The van der Waals surface area contributed by atoms with Crippen LogP contribution in [0.3, 0.4) is 0 Å². The van der Waals surface area contributed by atoms with E-state index < -0.39 is 0 Å². The standard InChI is InChI=1S/C17H29NO/c1-2-10-17(11-13-18-14-12-17)16(19)15-8-6-4-3-5-7-9-15/h8,18H,2-7,9-14H2,1H3. The molecule has 1 fully saturated rings. The molecule has 108 valence electrons. The van der Waals surface area contributed by atoms with E-state index in [1.165, 1.54) is 25.7 Å². The topological polar surface area (TPSA) is 29.1 Å². The molecule has 2 heteroatoms. The summed E-state index contributed by atoms with van der Waals surface area (Å²) in [5.74, 6) is 0.498. The number of hydrogen-bond acceptors (Lipinski definition) is 2. The van der Waals surface area contributed by atoms with Gasteiger partial charge in [-0.05, 0) is 63.6 Å². The van der Waals surface area contributed by atoms with E-state index in [-0.39, 0.29) is 5.41 Å². The van der Waals surface area contributed by atoms with Crippen molar-refractivity contribution in [3.63, 3.8) is 0 Å². The molecule has 2 aliphatic rings. The number of ketones is 1. The van der Waals surface area contributed by atoms with Gasteiger partial charge in [-0.3, -0.25) is 4.79 Å². The number of rotatable bonds is 4. The molecule has 0 bridgehead atoms. The Hall–Kier alpha value is -0.630. The Morgan fingerprint density at radius 2 is 1.95 bits per heavy atom. The van der Waals surface area contributed by atoms with Crippen LogP contribution in [0, 0.1) is 5.41 Å². The zero-order valence-electron chi connectivity index (χ0n) is 12.5. The van der Waals surface area contributed by atoms with E-state index in [1.54, 1.807) is 0 Å². The first-order chi connectivity index (χ1) is 9.28. The highest BCUT2D eigenvalue weighted by Gasteiger charge is 2.39. The summed E-state index contributed by atoms with van der Waals surface area (Å²) < 4.78 is 0. The van der Waals surface area contributed by atoms with Crippen molar-refractivity contribution in [1.29, 1.82) is 0 Å². The van der Waals surface area contributed by atoms with E-state index >= 15 is 0 Å². The highest BCUT2D eigenvalue weighted by molar-refractivity contribution is 6.00. The van der Waals surface area contributed by atoms with Crippen LogP contribution in [0.2, 0.25) is 0 Å². The van der Waals surface area contributed by atoms with Crippen LogP contribution in [0.5, 0.6) is 0 Å². The quantitative estimate of drug-likeness (QED) is 0.830. The van der Waals surface area contributed by atoms with Crippen LogP contribution in [-0.4, -0.2) is 18.9 Å². The predicted molar refractivity (Wildman–Crippen MR) is 80.2 cm³/mol. The Morgan fingerprint density at radius 3 is 2.68 bits per heavy atom. The van der Waals surface area contributed by atoms with Gasteiger partial charge in [-0.2, -0.15) is 0 Å². The van der Waals surface area contributed by atoms with Crippen molar-refractivity contribution in [2.45, 2.75) is 71.1 Å². The van der Waals surface area contributed by atoms with Gasteiger partial charge in [0.15, 0.2) is 5.78 Å².